The molecular weight excluding hydrogens is 326 g/mol. The molecule has 1 aromatic rings. The molecule has 0 bridgehead atoms. The van der Waals surface area contributed by atoms with E-state index >= 15 is 0 Å². The van der Waals surface area contributed by atoms with Crippen LogP contribution in [0.2, 0.25) is 0 Å². The molecule has 132 valence electrons. The van der Waals surface area contributed by atoms with Gasteiger partial charge in [0.2, 0.25) is 0 Å². The molecule has 0 atom stereocenters. The Kier molecular flexibility index (Phi) is 5.68. The summed E-state index contributed by atoms with van der Waals surface area (Å²) in [5.41, 5.74) is 1.02. The van der Waals surface area contributed by atoms with Gasteiger partial charge in [-0.05, 0) is 44.2 Å². The highest BCUT2D eigenvalue weighted by Gasteiger charge is 2.24. The molecule has 7 nitrogen and oxygen atoms in total. The number of hydrogen-bond acceptors (Lipinski definition) is 4. The molecule has 2 aliphatic rings. The zero-order valence-corrected chi connectivity index (χ0v) is 14.7. The average molecular weight is 351 g/mol. The number of piperidine rings is 2. The van der Waals surface area contributed by atoms with Gasteiger partial charge in [-0.1, -0.05) is 23.8 Å². The van der Waals surface area contributed by atoms with E-state index in [2.05, 4.69) is 15.1 Å². The van der Waals surface area contributed by atoms with Gasteiger partial charge in [0.25, 0.3) is 0 Å². The third-order valence-corrected chi connectivity index (χ3v) is 5.93. The highest BCUT2D eigenvalue weighted by atomic mass is 32.2. The van der Waals surface area contributed by atoms with Gasteiger partial charge in [0.15, 0.2) is 0 Å². The predicted octanol–water partition coefficient (Wildman–Crippen LogP) is 3.31. The molecule has 1 aromatic carbocycles. The van der Waals surface area contributed by atoms with Crippen LogP contribution in [-0.2, 0) is 10.2 Å². The maximum atomic E-state index is 12.5. The number of benzene rings is 1. The zero-order chi connectivity index (χ0) is 16.8. The summed E-state index contributed by atoms with van der Waals surface area (Å²) in [7, 11) is -3.53. The van der Waals surface area contributed by atoms with Crippen molar-refractivity contribution < 1.29 is 8.42 Å². The van der Waals surface area contributed by atoms with E-state index in [4.69, 9.17) is 0 Å². The smallest absolute Gasteiger partial charge is 0.278 e. The molecule has 3 rings (SSSR count). The summed E-state index contributed by atoms with van der Waals surface area (Å²) in [4.78, 5) is 0. The lowest BCUT2D eigenvalue weighted by Crippen LogP contribution is -2.39. The minimum absolute atomic E-state index is 0.476. The van der Waals surface area contributed by atoms with Crippen molar-refractivity contribution in [1.29, 1.82) is 0 Å². The quantitative estimate of drug-likeness (QED) is 0.827. The van der Waals surface area contributed by atoms with Crippen LogP contribution in [-0.4, -0.2) is 43.9 Å². The molecule has 0 spiro atoms. The molecule has 2 saturated heterocycles. The van der Waals surface area contributed by atoms with E-state index in [0.717, 1.165) is 45.2 Å². The molecule has 0 saturated carbocycles. The molecule has 1 N–H and O–H groups in total. The number of nitrogens with one attached hydrogen (secondary N) is 1. The van der Waals surface area contributed by atoms with Gasteiger partial charge in [0, 0.05) is 26.2 Å². The normalized spacial score (nSPS) is 20.4. The fourth-order valence-corrected chi connectivity index (χ4v) is 4.35. The number of hydrogen-bond donors (Lipinski definition) is 1. The predicted molar refractivity (Wildman–Crippen MR) is 94.3 cm³/mol. The summed E-state index contributed by atoms with van der Waals surface area (Å²) in [6.07, 6.45) is 6.41. The van der Waals surface area contributed by atoms with Crippen LogP contribution in [0.3, 0.4) is 0 Å². The Morgan fingerprint density at radius 1 is 0.875 bits per heavy atom. The highest BCUT2D eigenvalue weighted by Crippen LogP contribution is 2.27. The van der Waals surface area contributed by atoms with Crippen molar-refractivity contribution in [1.82, 2.24) is 9.31 Å². The molecule has 2 fully saturated rings. The fraction of sp³-hybridized carbons (Fsp3) is 0.625. The topological polar surface area (TPSA) is 77.4 Å². The second-order valence-corrected chi connectivity index (χ2v) is 7.96. The summed E-state index contributed by atoms with van der Waals surface area (Å²) >= 11 is 0. The standard InChI is InChI=1S/C16H25N5O2S/c22-24(23,21-13-7-2-8-14-21)18-16-10-4-3-9-15(16)17-19-20-11-5-1-6-12-20/h3-4,9-10,18H,1-2,5-8,11-14H2. The fourth-order valence-electron chi connectivity index (χ4n) is 3.03. The second-order valence-electron chi connectivity index (χ2n) is 6.29. The van der Waals surface area contributed by atoms with Crippen LogP contribution in [0.5, 0.6) is 0 Å². The molecule has 0 aromatic heterocycles. The molecule has 8 heteroatoms. The SMILES string of the molecule is O=S(=O)(Nc1ccccc1N=NN1CCCCC1)N1CCCCC1. The zero-order valence-electron chi connectivity index (χ0n) is 13.9. The van der Waals surface area contributed by atoms with Crippen LogP contribution >= 0.6 is 0 Å². The van der Waals surface area contributed by atoms with Crippen molar-refractivity contribution >= 4 is 21.6 Å². The van der Waals surface area contributed by atoms with Crippen molar-refractivity contribution in [3.05, 3.63) is 24.3 Å². The Labute approximate surface area is 143 Å². The maximum absolute atomic E-state index is 12.5. The number of para-hydroxylation sites is 1. The Hall–Kier alpha value is -1.67. The first-order valence-electron chi connectivity index (χ1n) is 8.69. The van der Waals surface area contributed by atoms with Crippen LogP contribution < -0.4 is 4.72 Å². The van der Waals surface area contributed by atoms with Gasteiger partial charge in [-0.2, -0.15) is 12.7 Å². The first-order valence-corrected chi connectivity index (χ1v) is 10.1. The van der Waals surface area contributed by atoms with E-state index in [9.17, 15) is 8.42 Å². The summed E-state index contributed by atoms with van der Waals surface area (Å²) < 4.78 is 29.3. The van der Waals surface area contributed by atoms with Gasteiger partial charge in [-0.25, -0.2) is 0 Å². The van der Waals surface area contributed by atoms with Crippen LogP contribution in [0.1, 0.15) is 38.5 Å². The lowest BCUT2D eigenvalue weighted by Gasteiger charge is -2.26. The third-order valence-electron chi connectivity index (χ3n) is 4.41. The Balaban J connectivity index is 1.72. The van der Waals surface area contributed by atoms with Crippen molar-refractivity contribution in [3.63, 3.8) is 0 Å². The van der Waals surface area contributed by atoms with Crippen molar-refractivity contribution in [2.24, 2.45) is 10.3 Å². The lowest BCUT2D eigenvalue weighted by molar-refractivity contribution is 0.224. The minimum atomic E-state index is -3.53. The van der Waals surface area contributed by atoms with Crippen molar-refractivity contribution in [3.8, 4) is 0 Å². The number of rotatable bonds is 5. The molecule has 0 aliphatic carbocycles. The van der Waals surface area contributed by atoms with Crippen LogP contribution in [0.15, 0.2) is 34.6 Å². The molecule has 2 aliphatic heterocycles. The number of nitrogens with zero attached hydrogens (tertiary/aromatic N) is 4. The van der Waals surface area contributed by atoms with E-state index < -0.39 is 10.2 Å². The largest absolute Gasteiger partial charge is 0.301 e. The van der Waals surface area contributed by atoms with Gasteiger partial charge in [-0.15, -0.1) is 5.11 Å². The molecule has 0 amide bonds. The monoisotopic (exact) mass is 351 g/mol. The summed E-state index contributed by atoms with van der Waals surface area (Å²) in [5.74, 6) is 0. The van der Waals surface area contributed by atoms with Crippen LogP contribution in [0.4, 0.5) is 11.4 Å². The maximum Gasteiger partial charge on any atom is 0.301 e. The number of anilines is 1. The summed E-state index contributed by atoms with van der Waals surface area (Å²) in [5, 5.41) is 10.5. The third kappa shape index (κ3) is 4.45. The second kappa shape index (κ2) is 7.94. The highest BCUT2D eigenvalue weighted by molar-refractivity contribution is 7.90. The van der Waals surface area contributed by atoms with Gasteiger partial charge in [0.1, 0.15) is 5.69 Å². The lowest BCUT2D eigenvalue weighted by atomic mass is 10.2. The van der Waals surface area contributed by atoms with Gasteiger partial charge in [-0.3, -0.25) is 9.73 Å². The first-order chi connectivity index (χ1) is 11.6. The van der Waals surface area contributed by atoms with E-state index in [1.807, 2.05) is 11.1 Å². The molecule has 0 radical (unpaired) electrons. The van der Waals surface area contributed by atoms with Crippen LogP contribution in [0, 0.1) is 0 Å². The van der Waals surface area contributed by atoms with E-state index in [-0.39, 0.29) is 0 Å². The Morgan fingerprint density at radius 3 is 2.21 bits per heavy atom. The summed E-state index contributed by atoms with van der Waals surface area (Å²) in [6.45, 7) is 2.97. The van der Waals surface area contributed by atoms with Crippen LogP contribution in [0.25, 0.3) is 0 Å². The summed E-state index contributed by atoms with van der Waals surface area (Å²) in [6, 6.07) is 7.14. The van der Waals surface area contributed by atoms with Crippen molar-refractivity contribution in [2.75, 3.05) is 30.9 Å². The molecule has 24 heavy (non-hydrogen) atoms. The minimum Gasteiger partial charge on any atom is -0.278 e. The Bertz CT molecular complexity index is 665. The van der Waals surface area contributed by atoms with Gasteiger partial charge >= 0.3 is 10.2 Å². The Morgan fingerprint density at radius 2 is 1.50 bits per heavy atom. The molecule has 2 heterocycles. The first kappa shape index (κ1) is 17.2. The van der Waals surface area contributed by atoms with Gasteiger partial charge < -0.3 is 0 Å². The molecule has 0 unspecified atom stereocenters. The van der Waals surface area contributed by atoms with E-state index in [1.165, 1.54) is 10.7 Å². The molecular formula is C16H25N5O2S. The van der Waals surface area contributed by atoms with E-state index in [0.29, 0.717) is 24.5 Å². The average Bonchev–Trinajstić information content (AvgIpc) is 2.62. The van der Waals surface area contributed by atoms with Gasteiger partial charge in [0.05, 0.1) is 5.69 Å². The van der Waals surface area contributed by atoms with E-state index in [1.54, 1.807) is 18.2 Å². The van der Waals surface area contributed by atoms with Crippen molar-refractivity contribution in [2.45, 2.75) is 38.5 Å².